The maximum absolute atomic E-state index is 12.7. The minimum atomic E-state index is -3.70. The smallest absolute Gasteiger partial charge is 0.264 e. The maximum Gasteiger partial charge on any atom is 0.264 e. The molecule has 22 heavy (non-hydrogen) atoms. The van der Waals surface area contributed by atoms with Crippen LogP contribution >= 0.6 is 15.9 Å². The Bertz CT molecular complexity index is 950. The summed E-state index contributed by atoms with van der Waals surface area (Å²) in [4.78, 5) is 4.37. The van der Waals surface area contributed by atoms with E-state index in [4.69, 9.17) is 0 Å². The topological polar surface area (TPSA) is 59.1 Å². The standard InChI is InChI=1S/C16H13BrN2O2S/c1-11-10-13(17)7-8-14(11)19-22(20,21)15-6-2-4-12-5-3-9-18-16(12)15/h2-10,19H,1H3. The Balaban J connectivity index is 2.09. The van der Waals surface area contributed by atoms with Gasteiger partial charge in [-0.25, -0.2) is 8.42 Å². The van der Waals surface area contributed by atoms with Gasteiger partial charge in [-0.15, -0.1) is 0 Å². The summed E-state index contributed by atoms with van der Waals surface area (Å²) in [6.45, 7) is 1.85. The number of nitrogens with zero attached hydrogens (tertiary/aromatic N) is 1. The normalized spacial score (nSPS) is 11.5. The number of benzene rings is 2. The van der Waals surface area contributed by atoms with Gasteiger partial charge in [0.05, 0.1) is 11.2 Å². The third-order valence-electron chi connectivity index (χ3n) is 3.32. The lowest BCUT2D eigenvalue weighted by Gasteiger charge is -2.12. The van der Waals surface area contributed by atoms with Crippen molar-refractivity contribution in [2.24, 2.45) is 0 Å². The summed E-state index contributed by atoms with van der Waals surface area (Å²) in [6, 6.07) is 14.1. The van der Waals surface area contributed by atoms with Crippen LogP contribution in [0.2, 0.25) is 0 Å². The highest BCUT2D eigenvalue weighted by Gasteiger charge is 2.19. The first kappa shape index (κ1) is 15.0. The molecule has 0 fully saturated rings. The monoisotopic (exact) mass is 376 g/mol. The average Bonchev–Trinajstić information content (AvgIpc) is 2.49. The number of pyridine rings is 1. The first-order chi connectivity index (χ1) is 10.5. The van der Waals surface area contributed by atoms with Crippen molar-refractivity contribution in [2.45, 2.75) is 11.8 Å². The molecule has 3 aromatic rings. The number of rotatable bonds is 3. The van der Waals surface area contributed by atoms with Crippen LogP contribution < -0.4 is 4.72 Å². The second-order valence-electron chi connectivity index (χ2n) is 4.90. The van der Waals surface area contributed by atoms with E-state index in [1.54, 1.807) is 36.5 Å². The van der Waals surface area contributed by atoms with Gasteiger partial charge in [0, 0.05) is 16.1 Å². The second-order valence-corrected chi connectivity index (χ2v) is 7.46. The van der Waals surface area contributed by atoms with Gasteiger partial charge in [0.15, 0.2) is 0 Å². The molecular weight excluding hydrogens is 364 g/mol. The van der Waals surface area contributed by atoms with Crippen molar-refractivity contribution in [3.05, 3.63) is 64.8 Å². The molecule has 1 aromatic heterocycles. The van der Waals surface area contributed by atoms with Gasteiger partial charge >= 0.3 is 0 Å². The molecule has 112 valence electrons. The third-order valence-corrected chi connectivity index (χ3v) is 5.21. The summed E-state index contributed by atoms with van der Waals surface area (Å²) in [6.07, 6.45) is 1.59. The van der Waals surface area contributed by atoms with Crippen LogP contribution in [0.15, 0.2) is 64.1 Å². The minimum Gasteiger partial charge on any atom is -0.279 e. The lowest BCUT2D eigenvalue weighted by Crippen LogP contribution is -2.14. The van der Waals surface area contributed by atoms with Gasteiger partial charge in [0.1, 0.15) is 4.90 Å². The summed E-state index contributed by atoms with van der Waals surface area (Å²) in [7, 11) is -3.70. The number of hydrogen-bond donors (Lipinski definition) is 1. The molecule has 0 aliphatic carbocycles. The molecule has 0 aliphatic rings. The number of sulfonamides is 1. The number of nitrogens with one attached hydrogen (secondary N) is 1. The quantitative estimate of drug-likeness (QED) is 0.748. The van der Waals surface area contributed by atoms with Crippen LogP contribution in [0.1, 0.15) is 5.56 Å². The summed E-state index contributed by atoms with van der Waals surface area (Å²) in [5.41, 5.74) is 1.86. The molecule has 1 N–H and O–H groups in total. The van der Waals surface area contributed by atoms with Crippen LogP contribution in [0.4, 0.5) is 5.69 Å². The Morgan fingerprint density at radius 2 is 1.86 bits per heavy atom. The van der Waals surface area contributed by atoms with Crippen molar-refractivity contribution in [1.82, 2.24) is 4.98 Å². The average molecular weight is 377 g/mol. The van der Waals surface area contributed by atoms with Crippen molar-refractivity contribution >= 4 is 42.5 Å². The molecular formula is C16H13BrN2O2S. The number of aromatic nitrogens is 1. The highest BCUT2D eigenvalue weighted by Crippen LogP contribution is 2.26. The Morgan fingerprint density at radius 1 is 1.09 bits per heavy atom. The van der Waals surface area contributed by atoms with E-state index in [2.05, 4.69) is 25.6 Å². The molecule has 2 aromatic carbocycles. The van der Waals surface area contributed by atoms with Crippen molar-refractivity contribution in [3.63, 3.8) is 0 Å². The van der Waals surface area contributed by atoms with Crippen LogP contribution in [0.3, 0.4) is 0 Å². The van der Waals surface area contributed by atoms with Crippen LogP contribution in [0.25, 0.3) is 10.9 Å². The second kappa shape index (κ2) is 5.70. The van der Waals surface area contributed by atoms with E-state index in [0.29, 0.717) is 11.2 Å². The van der Waals surface area contributed by atoms with Gasteiger partial charge < -0.3 is 0 Å². The first-order valence-electron chi connectivity index (χ1n) is 6.60. The maximum atomic E-state index is 12.7. The largest absolute Gasteiger partial charge is 0.279 e. The van der Waals surface area contributed by atoms with E-state index >= 15 is 0 Å². The van der Waals surface area contributed by atoms with Crippen molar-refractivity contribution in [1.29, 1.82) is 0 Å². The third kappa shape index (κ3) is 2.84. The van der Waals surface area contributed by atoms with Crippen molar-refractivity contribution in [2.75, 3.05) is 4.72 Å². The lowest BCUT2D eigenvalue weighted by molar-refractivity contribution is 0.602. The minimum absolute atomic E-state index is 0.174. The number of halogens is 1. The molecule has 6 heteroatoms. The van der Waals surface area contributed by atoms with Crippen LogP contribution in [-0.2, 0) is 10.0 Å². The molecule has 0 unspecified atom stereocenters. The predicted octanol–water partition coefficient (Wildman–Crippen LogP) is 4.11. The molecule has 3 rings (SSSR count). The zero-order valence-electron chi connectivity index (χ0n) is 11.7. The van der Waals surface area contributed by atoms with Crippen LogP contribution in [-0.4, -0.2) is 13.4 Å². The fourth-order valence-electron chi connectivity index (χ4n) is 2.23. The number of para-hydroxylation sites is 1. The van der Waals surface area contributed by atoms with E-state index in [1.807, 2.05) is 25.1 Å². The molecule has 0 amide bonds. The van der Waals surface area contributed by atoms with Crippen molar-refractivity contribution in [3.8, 4) is 0 Å². The van der Waals surface area contributed by atoms with E-state index in [0.717, 1.165) is 15.4 Å². The van der Waals surface area contributed by atoms with Crippen molar-refractivity contribution < 1.29 is 8.42 Å². The Hall–Kier alpha value is -1.92. The van der Waals surface area contributed by atoms with Gasteiger partial charge in [-0.2, -0.15) is 0 Å². The molecule has 0 atom stereocenters. The fourth-order valence-corrected chi connectivity index (χ4v) is 4.02. The number of aryl methyl sites for hydroxylation is 1. The van der Waals surface area contributed by atoms with Gasteiger partial charge in [-0.3, -0.25) is 9.71 Å². The van der Waals surface area contributed by atoms with E-state index in [9.17, 15) is 8.42 Å². The number of hydrogen-bond acceptors (Lipinski definition) is 3. The Morgan fingerprint density at radius 3 is 2.64 bits per heavy atom. The lowest BCUT2D eigenvalue weighted by atomic mass is 10.2. The SMILES string of the molecule is Cc1cc(Br)ccc1NS(=O)(=O)c1cccc2cccnc12. The highest BCUT2D eigenvalue weighted by atomic mass is 79.9. The zero-order chi connectivity index (χ0) is 15.7. The predicted molar refractivity (Wildman–Crippen MR) is 91.4 cm³/mol. The van der Waals surface area contributed by atoms with Crippen LogP contribution in [0, 0.1) is 6.92 Å². The molecule has 4 nitrogen and oxygen atoms in total. The van der Waals surface area contributed by atoms with Gasteiger partial charge in [-0.1, -0.05) is 34.1 Å². The molecule has 0 bridgehead atoms. The molecule has 1 heterocycles. The first-order valence-corrected chi connectivity index (χ1v) is 8.88. The molecule has 0 radical (unpaired) electrons. The molecule has 0 aliphatic heterocycles. The van der Waals surface area contributed by atoms with E-state index in [-0.39, 0.29) is 4.90 Å². The van der Waals surface area contributed by atoms with Gasteiger partial charge in [0.25, 0.3) is 10.0 Å². The highest BCUT2D eigenvalue weighted by molar-refractivity contribution is 9.10. The van der Waals surface area contributed by atoms with Crippen LogP contribution in [0.5, 0.6) is 0 Å². The summed E-state index contributed by atoms with van der Waals surface area (Å²) in [5.74, 6) is 0. The van der Waals surface area contributed by atoms with Gasteiger partial charge in [-0.05, 0) is 42.8 Å². The summed E-state index contributed by atoms with van der Waals surface area (Å²) < 4.78 is 28.9. The zero-order valence-corrected chi connectivity index (χ0v) is 14.1. The van der Waals surface area contributed by atoms with E-state index < -0.39 is 10.0 Å². The number of fused-ring (bicyclic) bond motifs is 1. The fraction of sp³-hybridized carbons (Fsp3) is 0.0625. The van der Waals surface area contributed by atoms with Gasteiger partial charge in [0.2, 0.25) is 0 Å². The number of anilines is 1. The molecule has 0 saturated carbocycles. The van der Waals surface area contributed by atoms with E-state index in [1.165, 1.54) is 0 Å². The molecule has 0 spiro atoms. The molecule has 0 saturated heterocycles. The summed E-state index contributed by atoms with van der Waals surface area (Å²) >= 11 is 3.37. The Labute approximate surface area is 137 Å². The Kier molecular flexibility index (Phi) is 3.88. The summed E-state index contributed by atoms with van der Waals surface area (Å²) in [5, 5.41) is 0.790.